The maximum absolute atomic E-state index is 12.3. The fourth-order valence-electron chi connectivity index (χ4n) is 2.61. The van der Waals surface area contributed by atoms with E-state index < -0.39 is 29.1 Å². The fraction of sp³-hybridized carbons (Fsp3) is 0.300. The van der Waals surface area contributed by atoms with Crippen LogP contribution in [0.4, 0.5) is 5.69 Å². The van der Waals surface area contributed by atoms with Crippen molar-refractivity contribution in [2.24, 2.45) is 0 Å². The molecule has 1 atom stereocenters. The number of ether oxygens (including phenoxy) is 3. The first-order valence-corrected chi connectivity index (χ1v) is 8.76. The summed E-state index contributed by atoms with van der Waals surface area (Å²) in [5.41, 5.74) is 0.217. The molecule has 0 heterocycles. The van der Waals surface area contributed by atoms with Gasteiger partial charge in [-0.3, -0.25) is 14.9 Å². The van der Waals surface area contributed by atoms with Crippen molar-refractivity contribution in [3.63, 3.8) is 0 Å². The molecule has 0 aliphatic carbocycles. The summed E-state index contributed by atoms with van der Waals surface area (Å²) >= 11 is 0. The van der Waals surface area contributed by atoms with E-state index >= 15 is 0 Å². The molecule has 2 aromatic rings. The third kappa shape index (κ3) is 5.68. The average Bonchev–Trinajstić information content (AvgIpc) is 2.75. The molecule has 0 fully saturated rings. The van der Waals surface area contributed by atoms with E-state index in [0.29, 0.717) is 6.54 Å². The Bertz CT molecular complexity index is 884. The van der Waals surface area contributed by atoms with Crippen LogP contribution in [0.3, 0.4) is 0 Å². The Morgan fingerprint density at radius 3 is 2.31 bits per heavy atom. The van der Waals surface area contributed by atoms with Crippen molar-refractivity contribution < 1.29 is 28.7 Å². The molecule has 9 heteroatoms. The van der Waals surface area contributed by atoms with Crippen LogP contribution in [-0.2, 0) is 9.53 Å². The van der Waals surface area contributed by atoms with E-state index in [1.54, 1.807) is 0 Å². The van der Waals surface area contributed by atoms with E-state index in [4.69, 9.17) is 14.2 Å². The lowest BCUT2D eigenvalue weighted by Gasteiger charge is -2.13. The first kappa shape index (κ1) is 21.7. The number of carbonyl (C=O) groups excluding carboxylic acids is 2. The molecule has 29 heavy (non-hydrogen) atoms. The molecule has 9 nitrogen and oxygen atoms in total. The molecule has 0 unspecified atom stereocenters. The largest absolute Gasteiger partial charge is 0.493 e. The Balaban J connectivity index is 1.99. The summed E-state index contributed by atoms with van der Waals surface area (Å²) in [6, 6.07) is 11.8. The van der Waals surface area contributed by atoms with Gasteiger partial charge in [-0.15, -0.1) is 0 Å². The fourth-order valence-corrected chi connectivity index (χ4v) is 2.61. The average molecular weight is 402 g/mol. The normalized spacial score (nSPS) is 11.3. The Hall–Kier alpha value is -3.62. The second-order valence-electron chi connectivity index (χ2n) is 6.17. The minimum atomic E-state index is -1.01. The second-order valence-corrected chi connectivity index (χ2v) is 6.17. The van der Waals surface area contributed by atoms with Crippen LogP contribution < -0.4 is 14.8 Å². The topological polar surface area (TPSA) is 117 Å². The van der Waals surface area contributed by atoms with Gasteiger partial charge in [0.1, 0.15) is 5.56 Å². The van der Waals surface area contributed by atoms with E-state index in [9.17, 15) is 19.7 Å². The number of hydrogen-bond acceptors (Lipinski definition) is 7. The van der Waals surface area contributed by atoms with Crippen LogP contribution in [0, 0.1) is 10.1 Å². The Kier molecular flexibility index (Phi) is 7.53. The van der Waals surface area contributed by atoms with Gasteiger partial charge in [0.2, 0.25) is 0 Å². The number of nitrogens with zero attached hydrogens (tertiary/aromatic N) is 1. The highest BCUT2D eigenvalue weighted by Crippen LogP contribution is 2.34. The molecule has 1 amide bonds. The van der Waals surface area contributed by atoms with Crippen LogP contribution in [0.15, 0.2) is 42.5 Å². The van der Waals surface area contributed by atoms with Crippen LogP contribution in [0.1, 0.15) is 28.8 Å². The Labute approximate surface area is 167 Å². The third-order valence-electron chi connectivity index (χ3n) is 4.23. The summed E-state index contributed by atoms with van der Waals surface area (Å²) in [5, 5.41) is 13.9. The van der Waals surface area contributed by atoms with Crippen molar-refractivity contribution in [3.05, 3.63) is 63.7 Å². The molecule has 0 saturated carbocycles. The van der Waals surface area contributed by atoms with Gasteiger partial charge in [-0.2, -0.15) is 0 Å². The number of benzene rings is 2. The third-order valence-corrected chi connectivity index (χ3v) is 4.23. The van der Waals surface area contributed by atoms with Gasteiger partial charge in [0.15, 0.2) is 18.1 Å². The van der Waals surface area contributed by atoms with Gasteiger partial charge < -0.3 is 19.5 Å². The zero-order chi connectivity index (χ0) is 21.4. The highest BCUT2D eigenvalue weighted by atomic mass is 16.6. The zero-order valence-electron chi connectivity index (χ0n) is 16.3. The first-order valence-electron chi connectivity index (χ1n) is 8.76. The van der Waals surface area contributed by atoms with Crippen molar-refractivity contribution >= 4 is 17.6 Å². The van der Waals surface area contributed by atoms with Gasteiger partial charge in [-0.25, -0.2) is 4.79 Å². The number of amides is 1. The lowest BCUT2D eigenvalue weighted by molar-refractivity contribution is -0.385. The maximum Gasteiger partial charge on any atom is 0.345 e. The molecule has 0 aliphatic heterocycles. The predicted octanol–water partition coefficient (Wildman–Crippen LogP) is 2.69. The summed E-state index contributed by atoms with van der Waals surface area (Å²) in [6.07, 6.45) is 0. The Morgan fingerprint density at radius 1 is 1.10 bits per heavy atom. The number of nitrogens with one attached hydrogen (secondary N) is 1. The first-order chi connectivity index (χ1) is 13.9. The molecule has 0 aromatic heterocycles. The van der Waals surface area contributed by atoms with Gasteiger partial charge in [0.25, 0.3) is 11.6 Å². The highest BCUT2D eigenvalue weighted by Gasteiger charge is 2.26. The van der Waals surface area contributed by atoms with E-state index in [1.807, 2.05) is 37.3 Å². The quantitative estimate of drug-likeness (QED) is 0.389. The van der Waals surface area contributed by atoms with Gasteiger partial charge in [0.05, 0.1) is 25.2 Å². The maximum atomic E-state index is 12.3. The summed E-state index contributed by atoms with van der Waals surface area (Å²) in [5.74, 6) is -1.22. The van der Waals surface area contributed by atoms with Crippen LogP contribution >= 0.6 is 0 Å². The van der Waals surface area contributed by atoms with E-state index in [2.05, 4.69) is 5.32 Å². The van der Waals surface area contributed by atoms with Gasteiger partial charge in [-0.1, -0.05) is 37.3 Å². The molecule has 154 valence electrons. The standard InChI is InChI=1S/C20H22N2O7/c1-13(14-7-5-4-6-8-14)11-21-19(23)12-29-20(24)15-9-17(27-2)18(28-3)10-16(15)22(25)26/h4-10,13H,11-12H2,1-3H3,(H,21,23)/t13-/m0/s1. The summed E-state index contributed by atoms with van der Waals surface area (Å²) in [7, 11) is 2.65. The minimum Gasteiger partial charge on any atom is -0.493 e. The van der Waals surface area contributed by atoms with Crippen LogP contribution in [0.5, 0.6) is 11.5 Å². The smallest absolute Gasteiger partial charge is 0.345 e. The number of hydrogen-bond donors (Lipinski definition) is 1. The number of carbonyl (C=O) groups is 2. The molecule has 2 rings (SSSR count). The van der Waals surface area contributed by atoms with E-state index in [0.717, 1.165) is 17.7 Å². The number of nitro benzene ring substituents is 1. The Morgan fingerprint density at radius 2 is 1.72 bits per heavy atom. The van der Waals surface area contributed by atoms with Gasteiger partial charge >= 0.3 is 5.97 Å². The molecular weight excluding hydrogens is 380 g/mol. The van der Waals surface area contributed by atoms with Crippen LogP contribution in [0.2, 0.25) is 0 Å². The van der Waals surface area contributed by atoms with Gasteiger partial charge in [0, 0.05) is 12.6 Å². The predicted molar refractivity (Wildman–Crippen MR) is 104 cm³/mol. The van der Waals surface area contributed by atoms with Crippen molar-refractivity contribution in [1.29, 1.82) is 0 Å². The van der Waals surface area contributed by atoms with Crippen molar-refractivity contribution in [2.45, 2.75) is 12.8 Å². The summed E-state index contributed by atoms with van der Waals surface area (Å²) < 4.78 is 15.0. The minimum absolute atomic E-state index is 0.0720. The molecule has 1 N–H and O–H groups in total. The number of rotatable bonds is 9. The van der Waals surface area contributed by atoms with Gasteiger partial charge in [-0.05, 0) is 11.5 Å². The van der Waals surface area contributed by atoms with Crippen LogP contribution in [-0.4, -0.2) is 44.2 Å². The number of methoxy groups -OCH3 is 2. The van der Waals surface area contributed by atoms with Crippen molar-refractivity contribution in [1.82, 2.24) is 5.32 Å². The van der Waals surface area contributed by atoms with Crippen molar-refractivity contribution in [3.8, 4) is 11.5 Å². The molecule has 0 bridgehead atoms. The molecule has 0 aliphatic rings. The second kappa shape index (κ2) is 10.1. The molecule has 0 saturated heterocycles. The molecular formula is C20H22N2O7. The monoisotopic (exact) mass is 402 g/mol. The van der Waals surface area contributed by atoms with Crippen LogP contribution in [0.25, 0.3) is 0 Å². The van der Waals surface area contributed by atoms with Crippen molar-refractivity contribution in [2.75, 3.05) is 27.4 Å². The molecule has 2 aromatic carbocycles. The van der Waals surface area contributed by atoms with E-state index in [1.165, 1.54) is 14.2 Å². The molecule has 0 radical (unpaired) electrons. The summed E-state index contributed by atoms with van der Waals surface area (Å²) in [6.45, 7) is 1.75. The highest BCUT2D eigenvalue weighted by molar-refractivity contribution is 5.96. The number of nitro groups is 1. The SMILES string of the molecule is COc1cc(C(=O)OCC(=O)NC[C@H](C)c2ccccc2)c([N+](=O)[O-])cc1OC. The van der Waals surface area contributed by atoms with E-state index in [-0.39, 0.29) is 23.0 Å². The number of esters is 1. The lowest BCUT2D eigenvalue weighted by atomic mass is 10.0. The molecule has 0 spiro atoms. The summed E-state index contributed by atoms with van der Waals surface area (Å²) in [4.78, 5) is 34.8. The lowest BCUT2D eigenvalue weighted by Crippen LogP contribution is -2.31. The zero-order valence-corrected chi connectivity index (χ0v) is 16.3.